The lowest BCUT2D eigenvalue weighted by Crippen LogP contribution is -2.45. The van der Waals surface area contributed by atoms with E-state index in [1.54, 1.807) is 0 Å². The molecule has 0 aromatic carbocycles. The van der Waals surface area contributed by atoms with Crippen molar-refractivity contribution in [1.29, 1.82) is 0 Å². The number of carbonyl (C=O) groups excluding carboxylic acids is 1. The van der Waals surface area contributed by atoms with Crippen molar-refractivity contribution in [3.8, 4) is 0 Å². The highest BCUT2D eigenvalue weighted by atomic mass is 32.2. The molecule has 0 bridgehead atoms. The van der Waals surface area contributed by atoms with E-state index in [0.29, 0.717) is 25.7 Å². The molecule has 0 aliphatic heterocycles. The van der Waals surface area contributed by atoms with E-state index in [4.69, 9.17) is 1.37 Å². The van der Waals surface area contributed by atoms with Crippen molar-refractivity contribution in [3.63, 3.8) is 0 Å². The summed E-state index contributed by atoms with van der Waals surface area (Å²) in [5.74, 6) is 0.209. The van der Waals surface area contributed by atoms with E-state index in [2.05, 4.69) is 4.72 Å². The van der Waals surface area contributed by atoms with Gasteiger partial charge >= 0.3 is 0 Å². The molecule has 0 heterocycles. The molecule has 1 unspecified atom stereocenters. The van der Waals surface area contributed by atoms with Gasteiger partial charge in [0.1, 0.15) is 10.5 Å². The van der Waals surface area contributed by atoms with Crippen molar-refractivity contribution in [3.05, 3.63) is 0 Å². The molecule has 0 saturated heterocycles. The third-order valence-electron chi connectivity index (χ3n) is 2.20. The molecular weight excluding hydrogens is 198 g/mol. The van der Waals surface area contributed by atoms with Crippen molar-refractivity contribution in [2.75, 3.05) is 0 Å². The van der Waals surface area contributed by atoms with Crippen LogP contribution in [0, 0.1) is 0 Å². The van der Waals surface area contributed by atoms with Crippen molar-refractivity contribution < 1.29 is 10.7 Å². The predicted octanol–water partition coefficient (Wildman–Crippen LogP) is 1.55. The molecule has 0 radical (unpaired) electrons. The summed E-state index contributed by atoms with van der Waals surface area (Å²) in [5.41, 5.74) is 0. The van der Waals surface area contributed by atoms with Crippen LogP contribution >= 0.6 is 0 Å². The number of ketones is 1. The maximum Gasteiger partial charge on any atom is 0.136 e. The zero-order valence-corrected chi connectivity index (χ0v) is 9.87. The second-order valence-electron chi connectivity index (χ2n) is 4.63. The smallest absolute Gasteiger partial charge is 0.136 e. The molecule has 1 N–H and O–H groups in total. The van der Waals surface area contributed by atoms with Gasteiger partial charge in [0.2, 0.25) is 0 Å². The largest absolute Gasteiger partial charge is 0.598 e. The van der Waals surface area contributed by atoms with Crippen molar-refractivity contribution in [2.24, 2.45) is 0 Å². The fourth-order valence-electron chi connectivity index (χ4n) is 1.22. The minimum atomic E-state index is -1.23. The van der Waals surface area contributed by atoms with Gasteiger partial charge in [-0.2, -0.15) is 0 Å². The molecule has 1 rings (SSSR count). The first kappa shape index (κ1) is 10.5. The third-order valence-corrected chi connectivity index (χ3v) is 3.79. The summed E-state index contributed by atoms with van der Waals surface area (Å²) < 4.78 is 22.4. The van der Waals surface area contributed by atoms with E-state index < -0.39 is 17.4 Å². The third kappa shape index (κ3) is 3.59. The number of nitrogens with one attached hydrogen (secondary N) is 1. The van der Waals surface area contributed by atoms with Gasteiger partial charge in [0.15, 0.2) is 0 Å². The molecule has 0 amide bonds. The monoisotopic (exact) mass is 218 g/mol. The number of hydrogen-bond acceptors (Lipinski definition) is 3. The second-order valence-corrected chi connectivity index (χ2v) is 6.59. The van der Waals surface area contributed by atoms with Crippen LogP contribution in [0.2, 0.25) is 0 Å². The Kier molecular flexibility index (Phi) is 3.47. The maximum atomic E-state index is 11.8. The minimum absolute atomic E-state index is 0.209. The number of carbonyl (C=O) groups is 1. The highest BCUT2D eigenvalue weighted by Gasteiger charge is 2.30. The van der Waals surface area contributed by atoms with Crippen LogP contribution < -0.4 is 4.72 Å². The topological polar surface area (TPSA) is 52.2 Å². The molecule has 0 aromatic heterocycles. The van der Waals surface area contributed by atoms with Gasteiger partial charge in [0.25, 0.3) is 0 Å². The van der Waals surface area contributed by atoms with Gasteiger partial charge < -0.3 is 4.55 Å². The fraction of sp³-hybridized carbons (Fsp3) is 0.900. The number of Topliss-reactive ketones (excluding diaryl/α,β-unsaturated/α-hetero) is 1. The lowest BCUT2D eigenvalue weighted by molar-refractivity contribution is -0.120. The quantitative estimate of drug-likeness (QED) is 0.715. The average molecular weight is 218 g/mol. The number of hydrogen-bond donors (Lipinski definition) is 1. The van der Waals surface area contributed by atoms with Crippen LogP contribution in [0.15, 0.2) is 0 Å². The molecular formula is C10H19NO2S. The van der Waals surface area contributed by atoms with Crippen molar-refractivity contribution in [2.45, 2.75) is 57.2 Å². The van der Waals surface area contributed by atoms with Crippen molar-refractivity contribution in [1.82, 2.24) is 4.72 Å². The predicted molar refractivity (Wildman–Crippen MR) is 58.3 cm³/mol. The van der Waals surface area contributed by atoms with Crippen LogP contribution in [0.1, 0.15) is 47.8 Å². The van der Waals surface area contributed by atoms with Gasteiger partial charge in [0, 0.05) is 24.2 Å². The van der Waals surface area contributed by atoms with E-state index in [1.165, 1.54) is 0 Å². The molecule has 0 spiro atoms. The molecule has 4 heteroatoms. The summed E-state index contributed by atoms with van der Waals surface area (Å²) in [6.45, 7) is 5.61. The van der Waals surface area contributed by atoms with Crippen LogP contribution in [0.3, 0.4) is 0 Å². The Morgan fingerprint density at radius 3 is 2.43 bits per heavy atom. The molecule has 3 nitrogen and oxygen atoms in total. The maximum absolute atomic E-state index is 11.8. The molecule has 1 aliphatic carbocycles. The first-order chi connectivity index (χ1) is 6.73. The molecule has 1 fully saturated rings. The summed E-state index contributed by atoms with van der Waals surface area (Å²) in [5, 5.41) is 0. The average Bonchev–Trinajstić information content (AvgIpc) is 2.09. The normalized spacial score (nSPS) is 25.7. The van der Waals surface area contributed by atoms with Gasteiger partial charge in [-0.1, -0.05) is 0 Å². The Hall–Kier alpha value is -0.0600. The fourth-order valence-corrected chi connectivity index (χ4v) is 1.99. The van der Waals surface area contributed by atoms with Crippen LogP contribution in [-0.4, -0.2) is 21.1 Å². The first-order valence-electron chi connectivity index (χ1n) is 5.44. The van der Waals surface area contributed by atoms with Gasteiger partial charge in [-0.25, -0.2) is 0 Å². The summed E-state index contributed by atoms with van der Waals surface area (Å²) >= 11 is -1.23. The molecule has 14 heavy (non-hydrogen) atoms. The van der Waals surface area contributed by atoms with E-state index in [0.717, 1.165) is 0 Å². The van der Waals surface area contributed by atoms with E-state index >= 15 is 0 Å². The van der Waals surface area contributed by atoms with Gasteiger partial charge in [-0.15, -0.1) is 4.72 Å². The van der Waals surface area contributed by atoms with Crippen molar-refractivity contribution >= 4 is 17.1 Å². The first-order valence-corrected chi connectivity index (χ1v) is 6.09. The second kappa shape index (κ2) is 4.64. The Labute approximate surface area is 90.4 Å². The summed E-state index contributed by atoms with van der Waals surface area (Å²) in [6, 6.07) is -0.883. The SMILES string of the molecule is [2H]C1(N[S+]([O-])C(C)(C)C)CCC(=O)CC1. The van der Waals surface area contributed by atoms with E-state index in [9.17, 15) is 9.35 Å². The van der Waals surface area contributed by atoms with Gasteiger partial charge in [-0.05, 0) is 33.6 Å². The van der Waals surface area contributed by atoms with Crippen LogP contribution in [0.25, 0.3) is 0 Å². The standard InChI is InChI=1S/C10H19NO2S/c1-10(2,3)14(13)11-8-4-6-9(12)7-5-8/h8,11H,4-7H2,1-3H3/i8D. The van der Waals surface area contributed by atoms with E-state index in [-0.39, 0.29) is 10.5 Å². The number of rotatable bonds is 2. The lowest BCUT2D eigenvalue weighted by atomic mass is 9.95. The van der Waals surface area contributed by atoms with Gasteiger partial charge in [0.05, 0.1) is 7.39 Å². The Balaban J connectivity index is 2.53. The summed E-state index contributed by atoms with van der Waals surface area (Å²) in [7, 11) is 0. The summed E-state index contributed by atoms with van der Waals surface area (Å²) in [4.78, 5) is 11.0. The molecule has 82 valence electrons. The van der Waals surface area contributed by atoms with Gasteiger partial charge in [-0.3, -0.25) is 4.79 Å². The van der Waals surface area contributed by atoms with Crippen LogP contribution in [0.4, 0.5) is 0 Å². The van der Waals surface area contributed by atoms with Crippen LogP contribution in [0.5, 0.6) is 0 Å². The molecule has 1 atom stereocenters. The Morgan fingerprint density at radius 2 is 2.00 bits per heavy atom. The zero-order chi connectivity index (χ0) is 11.7. The molecule has 1 saturated carbocycles. The highest BCUT2D eigenvalue weighted by molar-refractivity contribution is 7.90. The highest BCUT2D eigenvalue weighted by Crippen LogP contribution is 2.19. The van der Waals surface area contributed by atoms with E-state index in [1.807, 2.05) is 20.8 Å². The zero-order valence-electron chi connectivity index (χ0n) is 10.1. The Bertz CT molecular complexity index is 242. The summed E-state index contributed by atoms with van der Waals surface area (Å²) in [6.07, 6.45) is 1.79. The Morgan fingerprint density at radius 1 is 1.50 bits per heavy atom. The molecule has 0 aromatic rings. The lowest BCUT2D eigenvalue weighted by Gasteiger charge is -2.29. The minimum Gasteiger partial charge on any atom is -0.598 e. The molecule has 1 aliphatic rings. The van der Waals surface area contributed by atoms with Crippen LogP contribution in [-0.2, 0) is 16.2 Å².